The van der Waals surface area contributed by atoms with Gasteiger partial charge in [-0.25, -0.2) is 0 Å². The molecule has 0 atom stereocenters. The summed E-state index contributed by atoms with van der Waals surface area (Å²) in [6, 6.07) is 4.12. The average Bonchev–Trinajstić information content (AvgIpc) is 2.26. The molecule has 1 heterocycles. The molecule has 1 N–H and O–H groups in total. The molecule has 92 valence electrons. The van der Waals surface area contributed by atoms with E-state index in [0.29, 0.717) is 0 Å². The molecule has 0 spiro atoms. The molecule has 0 unspecified atom stereocenters. The minimum absolute atomic E-state index is 0.247. The summed E-state index contributed by atoms with van der Waals surface area (Å²) in [5.74, 6) is 2.79. The Bertz CT molecular complexity index is 387. The van der Waals surface area contributed by atoms with Crippen LogP contribution in [0.2, 0.25) is 0 Å². The van der Waals surface area contributed by atoms with Crippen LogP contribution in [0, 0.1) is 5.41 Å². The number of rotatable bonds is 4. The molecule has 0 radical (unpaired) electrons. The number of hydrogen-bond donors (Lipinski definition) is 1. The van der Waals surface area contributed by atoms with Gasteiger partial charge >= 0.3 is 109 Å². The van der Waals surface area contributed by atoms with Crippen LogP contribution in [0.1, 0.15) is 31.8 Å². The number of nitrogens with one attached hydrogen (secondary N) is 1. The second-order valence-electron chi connectivity index (χ2n) is 5.13. The minimum atomic E-state index is -0.261. The van der Waals surface area contributed by atoms with E-state index in [1.165, 1.54) is 22.8 Å². The molecule has 0 saturated carbocycles. The second kappa shape index (κ2) is 6.36. The Labute approximate surface area is 109 Å². The van der Waals surface area contributed by atoms with Crippen LogP contribution in [0.5, 0.6) is 0 Å². The van der Waals surface area contributed by atoms with Gasteiger partial charge in [-0.3, -0.25) is 0 Å². The van der Waals surface area contributed by atoms with Crippen molar-refractivity contribution in [1.29, 1.82) is 0 Å². The molecule has 0 aliphatic carbocycles. The van der Waals surface area contributed by atoms with E-state index in [9.17, 15) is 4.79 Å². The van der Waals surface area contributed by atoms with Gasteiger partial charge in [0, 0.05) is 0 Å². The van der Waals surface area contributed by atoms with E-state index in [1.807, 2.05) is 39.8 Å². The molecule has 0 aliphatic rings. The predicted octanol–water partition coefficient (Wildman–Crippen LogP) is 2.55. The second-order valence-corrected chi connectivity index (χ2v) is 6.07. The fourth-order valence-corrected chi connectivity index (χ4v) is 2.42. The molecule has 1 aromatic rings. The monoisotopic (exact) mass is 249 g/mol. The number of carbonyl (C=O) groups excluding carboxylic acids is 1. The third-order valence-electron chi connectivity index (χ3n) is 2.46. The van der Waals surface area contributed by atoms with E-state index in [4.69, 9.17) is 0 Å². The van der Waals surface area contributed by atoms with Gasteiger partial charge in [0.15, 0.2) is 0 Å². The van der Waals surface area contributed by atoms with Crippen LogP contribution in [0.25, 0.3) is 0 Å². The first-order valence-electron chi connectivity index (χ1n) is 5.83. The molecule has 2 nitrogen and oxygen atoms in total. The molecule has 0 amide bonds. The van der Waals surface area contributed by atoms with Gasteiger partial charge < -0.3 is 0 Å². The summed E-state index contributed by atoms with van der Waals surface area (Å²) in [4.78, 5) is 11.9. The van der Waals surface area contributed by atoms with Crippen molar-refractivity contribution in [2.24, 2.45) is 5.41 Å². The topological polar surface area (TPSA) is 29.1 Å². The summed E-state index contributed by atoms with van der Waals surface area (Å²) < 4.78 is 0. The zero-order valence-corrected chi connectivity index (χ0v) is 11.9. The Morgan fingerprint density at radius 3 is 2.76 bits per heavy atom. The standard InChI is InChI=1S/C13H20BNOS/c1-13(2,3)12(16)17-9-10-6-5-7-14-11(10)8-15-4/h5-7,15H,8-9H2,1-4H3. The van der Waals surface area contributed by atoms with Crippen molar-refractivity contribution in [2.75, 3.05) is 7.05 Å². The first kappa shape index (κ1) is 14.5. The third-order valence-corrected chi connectivity index (χ3v) is 3.79. The molecule has 1 rings (SSSR count). The third kappa shape index (κ3) is 4.64. The van der Waals surface area contributed by atoms with Crippen molar-refractivity contribution in [3.8, 4) is 0 Å². The van der Waals surface area contributed by atoms with Crippen molar-refractivity contribution < 1.29 is 4.79 Å². The van der Waals surface area contributed by atoms with Crippen molar-refractivity contribution >= 4 is 23.8 Å². The first-order chi connectivity index (χ1) is 7.95. The van der Waals surface area contributed by atoms with Crippen molar-refractivity contribution in [1.82, 2.24) is 5.32 Å². The van der Waals surface area contributed by atoms with Gasteiger partial charge in [0.2, 0.25) is 0 Å². The average molecular weight is 249 g/mol. The van der Waals surface area contributed by atoms with Gasteiger partial charge in [0.05, 0.1) is 0 Å². The van der Waals surface area contributed by atoms with E-state index < -0.39 is 0 Å². The van der Waals surface area contributed by atoms with Gasteiger partial charge in [-0.05, 0) is 0 Å². The Morgan fingerprint density at radius 1 is 1.47 bits per heavy atom. The SMILES string of the molecule is CNCc1bcccc1CSC(=O)C(C)(C)C. The summed E-state index contributed by atoms with van der Waals surface area (Å²) in [5.41, 5.74) is 2.25. The Morgan fingerprint density at radius 2 is 2.18 bits per heavy atom. The number of thioether (sulfide) groups is 1. The summed E-state index contributed by atoms with van der Waals surface area (Å²) in [6.07, 6.45) is 0. The summed E-state index contributed by atoms with van der Waals surface area (Å²) in [7, 11) is 1.93. The fraction of sp³-hybridized carbons (Fsp3) is 0.538. The van der Waals surface area contributed by atoms with Crippen molar-refractivity contribution in [3.05, 3.63) is 29.1 Å². The Hall–Kier alpha value is -0.605. The maximum absolute atomic E-state index is 11.9. The van der Waals surface area contributed by atoms with Crippen LogP contribution in [0.4, 0.5) is 0 Å². The van der Waals surface area contributed by atoms with Crippen LogP contribution >= 0.6 is 11.8 Å². The number of hydrogen-bond acceptors (Lipinski definition) is 3. The normalized spacial score (nSPS) is 11.3. The van der Waals surface area contributed by atoms with Crippen molar-refractivity contribution in [3.63, 3.8) is 0 Å². The van der Waals surface area contributed by atoms with Gasteiger partial charge in [0.25, 0.3) is 0 Å². The quantitative estimate of drug-likeness (QED) is 0.889. The van der Waals surface area contributed by atoms with Crippen LogP contribution in [-0.2, 0) is 17.1 Å². The molecule has 0 fully saturated rings. The van der Waals surface area contributed by atoms with E-state index >= 15 is 0 Å². The predicted molar refractivity (Wildman–Crippen MR) is 76.3 cm³/mol. The van der Waals surface area contributed by atoms with E-state index in [-0.39, 0.29) is 10.5 Å². The summed E-state index contributed by atoms with van der Waals surface area (Å²) in [5, 5.41) is 3.40. The molecule has 0 saturated heterocycles. The summed E-state index contributed by atoms with van der Waals surface area (Å²) >= 11 is 1.41. The van der Waals surface area contributed by atoms with Gasteiger partial charge in [-0.1, -0.05) is 0 Å². The first-order valence-corrected chi connectivity index (χ1v) is 6.82. The van der Waals surface area contributed by atoms with E-state index in [1.54, 1.807) is 0 Å². The van der Waals surface area contributed by atoms with Gasteiger partial charge in [-0.15, -0.1) is 0 Å². The molecular weight excluding hydrogens is 229 g/mol. The number of carbonyl (C=O) groups is 1. The maximum atomic E-state index is 11.9. The summed E-state index contributed by atoms with van der Waals surface area (Å²) in [6.45, 7) is 8.83. The van der Waals surface area contributed by atoms with Crippen molar-refractivity contribution in [2.45, 2.75) is 33.1 Å². The van der Waals surface area contributed by atoms with Gasteiger partial charge in [0.1, 0.15) is 0 Å². The molecule has 0 aliphatic heterocycles. The Kier molecular flexibility index (Phi) is 5.41. The zero-order valence-electron chi connectivity index (χ0n) is 11.0. The molecular formula is C13H20BNOS. The van der Waals surface area contributed by atoms with E-state index in [0.717, 1.165) is 12.3 Å². The molecule has 4 heteroatoms. The van der Waals surface area contributed by atoms with Crippen LogP contribution in [-0.4, -0.2) is 19.1 Å². The van der Waals surface area contributed by atoms with Crippen LogP contribution in [0.3, 0.4) is 0 Å². The van der Waals surface area contributed by atoms with E-state index in [2.05, 4.69) is 18.3 Å². The van der Waals surface area contributed by atoms with Crippen LogP contribution in [0.15, 0.2) is 18.1 Å². The Balaban J connectivity index is 2.66. The molecule has 17 heavy (non-hydrogen) atoms. The zero-order chi connectivity index (χ0) is 12.9. The molecule has 1 aromatic heterocycles. The van der Waals surface area contributed by atoms with Gasteiger partial charge in [-0.2, -0.15) is 0 Å². The molecule has 0 bridgehead atoms. The molecule has 0 aromatic carbocycles. The van der Waals surface area contributed by atoms with Crippen LogP contribution < -0.4 is 5.32 Å². The fourth-order valence-electron chi connectivity index (χ4n) is 1.42.